The number of hydrogen-bond acceptors (Lipinski definition) is 6. The molecule has 1 saturated carbocycles. The minimum atomic E-state index is 0.0568. The van der Waals surface area contributed by atoms with E-state index in [0.717, 1.165) is 63.1 Å². The highest BCUT2D eigenvalue weighted by Crippen LogP contribution is 2.32. The number of ether oxygens (including phenoxy) is 1. The van der Waals surface area contributed by atoms with Gasteiger partial charge >= 0.3 is 0 Å². The topological polar surface area (TPSA) is 80.5 Å². The molecule has 1 unspecified atom stereocenters. The summed E-state index contributed by atoms with van der Waals surface area (Å²) >= 11 is 0. The number of benzene rings is 2. The van der Waals surface area contributed by atoms with Gasteiger partial charge in [0.15, 0.2) is 0 Å². The lowest BCUT2D eigenvalue weighted by Gasteiger charge is -2.32. The number of nitrogens with zero attached hydrogens (tertiary/aromatic N) is 3. The smallest absolute Gasteiger partial charge is 0.230 e. The van der Waals surface area contributed by atoms with Crippen LogP contribution in [0.1, 0.15) is 61.9 Å². The fourth-order valence-corrected chi connectivity index (χ4v) is 5.02. The summed E-state index contributed by atoms with van der Waals surface area (Å²) in [6, 6.07) is 18.1. The van der Waals surface area contributed by atoms with Gasteiger partial charge in [0.2, 0.25) is 17.6 Å². The molecular formula is C28H34N4O3. The fourth-order valence-electron chi connectivity index (χ4n) is 5.02. The van der Waals surface area contributed by atoms with Crippen molar-refractivity contribution in [1.82, 2.24) is 20.4 Å². The molecule has 1 atom stereocenters. The van der Waals surface area contributed by atoms with Crippen LogP contribution in [0.15, 0.2) is 59.1 Å². The SMILES string of the molecule is COc1ccccc1-c1noc(C2CCN(CCC(NC(=O)C3CCC3)c3ccccc3)CC2)n1. The van der Waals surface area contributed by atoms with E-state index in [1.54, 1.807) is 7.11 Å². The van der Waals surface area contributed by atoms with Gasteiger partial charge in [0.05, 0.1) is 18.7 Å². The van der Waals surface area contributed by atoms with Gasteiger partial charge in [0, 0.05) is 18.4 Å². The highest BCUT2D eigenvalue weighted by atomic mass is 16.5. The van der Waals surface area contributed by atoms with E-state index >= 15 is 0 Å². The van der Waals surface area contributed by atoms with E-state index in [1.165, 1.54) is 12.0 Å². The predicted octanol–water partition coefficient (Wildman–Crippen LogP) is 4.97. The van der Waals surface area contributed by atoms with E-state index in [0.29, 0.717) is 11.7 Å². The van der Waals surface area contributed by atoms with Crippen molar-refractivity contribution < 1.29 is 14.1 Å². The molecule has 1 aliphatic heterocycles. The molecule has 1 aliphatic carbocycles. The molecular weight excluding hydrogens is 440 g/mol. The van der Waals surface area contributed by atoms with Crippen LogP contribution < -0.4 is 10.1 Å². The van der Waals surface area contributed by atoms with Crippen molar-refractivity contribution in [3.05, 3.63) is 66.1 Å². The largest absolute Gasteiger partial charge is 0.496 e. The molecule has 2 fully saturated rings. The Morgan fingerprint density at radius 2 is 1.83 bits per heavy atom. The third kappa shape index (κ3) is 5.56. The first-order chi connectivity index (χ1) is 17.2. The van der Waals surface area contributed by atoms with Crippen molar-refractivity contribution in [3.63, 3.8) is 0 Å². The number of amides is 1. The zero-order chi connectivity index (χ0) is 24.0. The Labute approximate surface area is 206 Å². The second kappa shape index (κ2) is 11.0. The zero-order valence-corrected chi connectivity index (χ0v) is 20.4. The van der Waals surface area contributed by atoms with E-state index in [9.17, 15) is 4.79 Å². The minimum Gasteiger partial charge on any atom is -0.496 e. The normalized spacial score (nSPS) is 18.1. The summed E-state index contributed by atoms with van der Waals surface area (Å²) in [6.45, 7) is 2.91. The molecule has 7 heteroatoms. The molecule has 2 heterocycles. The number of hydrogen-bond donors (Lipinski definition) is 1. The summed E-state index contributed by atoms with van der Waals surface area (Å²) in [5, 5.41) is 7.54. The summed E-state index contributed by atoms with van der Waals surface area (Å²) in [5.74, 6) is 2.71. The van der Waals surface area contributed by atoms with Crippen LogP contribution in [0, 0.1) is 5.92 Å². The third-order valence-corrected chi connectivity index (χ3v) is 7.45. The van der Waals surface area contributed by atoms with Gasteiger partial charge < -0.3 is 19.5 Å². The van der Waals surface area contributed by atoms with Gasteiger partial charge in [-0.2, -0.15) is 4.98 Å². The highest BCUT2D eigenvalue weighted by molar-refractivity contribution is 5.79. The van der Waals surface area contributed by atoms with Crippen LogP contribution in [0.3, 0.4) is 0 Å². The predicted molar refractivity (Wildman–Crippen MR) is 134 cm³/mol. The molecule has 1 aromatic heterocycles. The molecule has 7 nitrogen and oxygen atoms in total. The van der Waals surface area contributed by atoms with Gasteiger partial charge in [0.25, 0.3) is 0 Å². The summed E-state index contributed by atoms with van der Waals surface area (Å²) in [4.78, 5) is 19.8. The summed E-state index contributed by atoms with van der Waals surface area (Å²) < 4.78 is 11.1. The van der Waals surface area contributed by atoms with E-state index in [-0.39, 0.29) is 23.8 Å². The van der Waals surface area contributed by atoms with E-state index < -0.39 is 0 Å². The maximum Gasteiger partial charge on any atom is 0.230 e. The van der Waals surface area contributed by atoms with Crippen LogP contribution >= 0.6 is 0 Å². The van der Waals surface area contributed by atoms with Crippen molar-refractivity contribution >= 4 is 5.91 Å². The molecule has 184 valence electrons. The number of piperidine rings is 1. The number of carbonyl (C=O) groups excluding carboxylic acids is 1. The minimum absolute atomic E-state index is 0.0568. The first-order valence-corrected chi connectivity index (χ1v) is 12.8. The Kier molecular flexibility index (Phi) is 7.42. The highest BCUT2D eigenvalue weighted by Gasteiger charge is 2.29. The molecule has 0 spiro atoms. The van der Waals surface area contributed by atoms with Gasteiger partial charge in [-0.1, -0.05) is 54.0 Å². The number of rotatable bonds is 9. The number of carbonyl (C=O) groups is 1. The van der Waals surface area contributed by atoms with Crippen molar-refractivity contribution in [2.45, 2.75) is 50.5 Å². The lowest BCUT2D eigenvalue weighted by molar-refractivity contribution is -0.128. The molecule has 0 bridgehead atoms. The molecule has 5 rings (SSSR count). The molecule has 0 radical (unpaired) electrons. The molecule has 2 aliphatic rings. The standard InChI is InChI=1S/C28H34N4O3/c1-34-25-13-6-5-12-23(25)26-30-28(35-31-26)22-14-17-32(18-15-22)19-16-24(20-8-3-2-4-9-20)29-27(33)21-10-7-11-21/h2-6,8-9,12-13,21-22,24H,7,10-11,14-19H2,1H3,(H,29,33). The van der Waals surface area contributed by atoms with Crippen molar-refractivity contribution in [2.75, 3.05) is 26.7 Å². The number of likely N-dealkylation sites (tertiary alicyclic amines) is 1. The van der Waals surface area contributed by atoms with Gasteiger partial charge in [-0.05, 0) is 62.9 Å². The van der Waals surface area contributed by atoms with Crippen molar-refractivity contribution in [1.29, 1.82) is 0 Å². The van der Waals surface area contributed by atoms with Crippen LogP contribution in [-0.4, -0.2) is 47.7 Å². The second-order valence-corrected chi connectivity index (χ2v) is 9.66. The molecule has 2 aromatic carbocycles. The Balaban J connectivity index is 1.16. The average Bonchev–Trinajstić information content (AvgIpc) is 3.36. The van der Waals surface area contributed by atoms with Gasteiger partial charge in [0.1, 0.15) is 5.75 Å². The fraction of sp³-hybridized carbons (Fsp3) is 0.464. The summed E-state index contributed by atoms with van der Waals surface area (Å²) in [7, 11) is 1.65. The van der Waals surface area contributed by atoms with Crippen LogP contribution in [0.2, 0.25) is 0 Å². The summed E-state index contributed by atoms with van der Waals surface area (Å²) in [6.07, 6.45) is 6.09. The lowest BCUT2D eigenvalue weighted by Crippen LogP contribution is -2.39. The molecule has 1 N–H and O–H groups in total. The average molecular weight is 475 g/mol. The van der Waals surface area contributed by atoms with Crippen LogP contribution in [0.4, 0.5) is 0 Å². The Bertz CT molecular complexity index is 1100. The summed E-state index contributed by atoms with van der Waals surface area (Å²) in [5.41, 5.74) is 2.03. The number of nitrogens with one attached hydrogen (secondary N) is 1. The van der Waals surface area contributed by atoms with Gasteiger partial charge in [-0.3, -0.25) is 4.79 Å². The molecule has 1 amide bonds. The second-order valence-electron chi connectivity index (χ2n) is 9.66. The number of para-hydroxylation sites is 1. The Morgan fingerprint density at radius 1 is 1.09 bits per heavy atom. The number of methoxy groups -OCH3 is 1. The maximum absolute atomic E-state index is 12.6. The van der Waals surface area contributed by atoms with Crippen LogP contribution in [0.25, 0.3) is 11.4 Å². The van der Waals surface area contributed by atoms with Gasteiger partial charge in [-0.25, -0.2) is 0 Å². The molecule has 1 saturated heterocycles. The third-order valence-electron chi connectivity index (χ3n) is 7.45. The first-order valence-electron chi connectivity index (χ1n) is 12.8. The zero-order valence-electron chi connectivity index (χ0n) is 20.4. The van der Waals surface area contributed by atoms with E-state index in [2.05, 4.69) is 27.5 Å². The van der Waals surface area contributed by atoms with Crippen LogP contribution in [-0.2, 0) is 4.79 Å². The Morgan fingerprint density at radius 3 is 2.54 bits per heavy atom. The quantitative estimate of drug-likeness (QED) is 0.472. The molecule has 35 heavy (non-hydrogen) atoms. The van der Waals surface area contributed by atoms with Crippen molar-refractivity contribution in [3.8, 4) is 17.1 Å². The molecule has 3 aromatic rings. The Hall–Kier alpha value is -3.19. The van der Waals surface area contributed by atoms with E-state index in [1.807, 2.05) is 42.5 Å². The first kappa shape index (κ1) is 23.5. The lowest BCUT2D eigenvalue weighted by atomic mass is 9.84. The van der Waals surface area contributed by atoms with Crippen LogP contribution in [0.5, 0.6) is 5.75 Å². The van der Waals surface area contributed by atoms with Crippen molar-refractivity contribution in [2.24, 2.45) is 5.92 Å². The van der Waals surface area contributed by atoms with E-state index in [4.69, 9.17) is 14.2 Å². The maximum atomic E-state index is 12.6. The number of aromatic nitrogens is 2. The monoisotopic (exact) mass is 474 g/mol. The van der Waals surface area contributed by atoms with Gasteiger partial charge in [-0.15, -0.1) is 0 Å².